The molecule has 0 aliphatic carbocycles. The zero-order valence-electron chi connectivity index (χ0n) is 11.9. The van der Waals surface area contributed by atoms with Crippen molar-refractivity contribution in [3.63, 3.8) is 0 Å². The molecule has 1 aromatic carbocycles. The largest absolute Gasteiger partial charge is 0.439 e. The molecule has 0 fully saturated rings. The fourth-order valence-electron chi connectivity index (χ4n) is 2.02. The van der Waals surface area contributed by atoms with Gasteiger partial charge in [0.05, 0.1) is 5.56 Å². The lowest BCUT2D eigenvalue weighted by Gasteiger charge is -2.12. The summed E-state index contributed by atoms with van der Waals surface area (Å²) in [6.45, 7) is 4.11. The van der Waals surface area contributed by atoms with Crippen LogP contribution < -0.4 is 10.1 Å². The van der Waals surface area contributed by atoms with Crippen molar-refractivity contribution in [2.75, 3.05) is 12.4 Å². The molecule has 2 rings (SSSR count). The van der Waals surface area contributed by atoms with Crippen LogP contribution in [0, 0.1) is 0 Å². The van der Waals surface area contributed by atoms with E-state index in [-0.39, 0.29) is 0 Å². The topological polar surface area (TPSA) is 47.0 Å². The molecule has 1 aromatic heterocycles. The normalized spacial score (nSPS) is 10.4. The molecule has 4 nitrogen and oxygen atoms in total. The van der Waals surface area contributed by atoms with Crippen LogP contribution in [0.5, 0.6) is 11.6 Å². The Balaban J connectivity index is 2.34. The van der Waals surface area contributed by atoms with Crippen molar-refractivity contribution < 1.29 is 4.74 Å². The molecule has 2 aromatic rings. The smallest absolute Gasteiger partial charge is 0.227 e. The summed E-state index contributed by atoms with van der Waals surface area (Å²) in [7, 11) is 1.84. The molecule has 0 saturated heterocycles. The minimum absolute atomic E-state index is 0.580. The second kappa shape index (κ2) is 6.57. The Morgan fingerprint density at radius 2 is 2.00 bits per heavy atom. The van der Waals surface area contributed by atoms with Gasteiger partial charge in [0.15, 0.2) is 0 Å². The summed E-state index contributed by atoms with van der Waals surface area (Å²) in [5.74, 6) is 2.11. The summed E-state index contributed by atoms with van der Waals surface area (Å²) in [5.41, 5.74) is 2.02. The van der Waals surface area contributed by atoms with Crippen LogP contribution in [0.1, 0.15) is 25.0 Å². The number of nitrogens with one attached hydrogen (secondary N) is 1. The SMILES string of the molecule is CCc1cc(Oc2ncnc(NC)c2CC)ccc1Cl. The fraction of sp³-hybridized carbons (Fsp3) is 0.333. The van der Waals surface area contributed by atoms with E-state index < -0.39 is 0 Å². The van der Waals surface area contributed by atoms with Gasteiger partial charge in [-0.3, -0.25) is 0 Å². The molecule has 0 bridgehead atoms. The van der Waals surface area contributed by atoms with Crippen LogP contribution >= 0.6 is 11.6 Å². The molecule has 0 amide bonds. The second-order valence-corrected chi connectivity index (χ2v) is 4.73. The number of nitrogens with zero attached hydrogens (tertiary/aromatic N) is 2. The summed E-state index contributed by atoms with van der Waals surface area (Å²) in [6, 6.07) is 5.65. The van der Waals surface area contributed by atoms with Crippen molar-refractivity contribution in [2.45, 2.75) is 26.7 Å². The van der Waals surface area contributed by atoms with E-state index in [0.717, 1.165) is 40.6 Å². The van der Waals surface area contributed by atoms with Crippen molar-refractivity contribution in [2.24, 2.45) is 0 Å². The van der Waals surface area contributed by atoms with Crippen molar-refractivity contribution in [1.82, 2.24) is 9.97 Å². The van der Waals surface area contributed by atoms with E-state index in [4.69, 9.17) is 16.3 Å². The highest BCUT2D eigenvalue weighted by Gasteiger charge is 2.11. The van der Waals surface area contributed by atoms with Gasteiger partial charge in [-0.1, -0.05) is 25.4 Å². The highest BCUT2D eigenvalue weighted by atomic mass is 35.5. The van der Waals surface area contributed by atoms with Crippen LogP contribution in [0.25, 0.3) is 0 Å². The number of ether oxygens (including phenoxy) is 1. The zero-order valence-corrected chi connectivity index (χ0v) is 12.7. The maximum atomic E-state index is 6.11. The number of hydrogen-bond acceptors (Lipinski definition) is 4. The van der Waals surface area contributed by atoms with Gasteiger partial charge in [0, 0.05) is 12.1 Å². The number of halogens is 1. The highest BCUT2D eigenvalue weighted by Crippen LogP contribution is 2.29. The first kappa shape index (κ1) is 14.6. The minimum Gasteiger partial charge on any atom is -0.439 e. The first-order valence-corrected chi connectivity index (χ1v) is 7.05. The van der Waals surface area contributed by atoms with E-state index >= 15 is 0 Å². The molecule has 0 aliphatic heterocycles. The molecule has 20 heavy (non-hydrogen) atoms. The van der Waals surface area contributed by atoms with Gasteiger partial charge in [-0.2, -0.15) is 0 Å². The lowest BCUT2D eigenvalue weighted by molar-refractivity contribution is 0.455. The molecule has 0 atom stereocenters. The molecule has 0 spiro atoms. The summed E-state index contributed by atoms with van der Waals surface area (Å²) in [6.07, 6.45) is 3.15. The van der Waals surface area contributed by atoms with E-state index in [1.807, 2.05) is 32.2 Å². The maximum Gasteiger partial charge on any atom is 0.227 e. The third-order valence-corrected chi connectivity index (χ3v) is 3.48. The first-order chi connectivity index (χ1) is 9.69. The van der Waals surface area contributed by atoms with Gasteiger partial charge in [0.1, 0.15) is 17.9 Å². The summed E-state index contributed by atoms with van der Waals surface area (Å²) in [5, 5.41) is 3.81. The van der Waals surface area contributed by atoms with Gasteiger partial charge in [-0.05, 0) is 36.6 Å². The predicted molar refractivity (Wildman–Crippen MR) is 81.9 cm³/mol. The van der Waals surface area contributed by atoms with Crippen molar-refractivity contribution in [1.29, 1.82) is 0 Å². The lowest BCUT2D eigenvalue weighted by Crippen LogP contribution is -2.02. The summed E-state index contributed by atoms with van der Waals surface area (Å²) < 4.78 is 5.89. The van der Waals surface area contributed by atoms with Crippen LogP contribution in [0.3, 0.4) is 0 Å². The Bertz CT molecular complexity index is 602. The fourth-order valence-corrected chi connectivity index (χ4v) is 2.27. The van der Waals surface area contributed by atoms with Crippen LogP contribution in [-0.4, -0.2) is 17.0 Å². The van der Waals surface area contributed by atoms with E-state index in [0.29, 0.717) is 5.88 Å². The first-order valence-electron chi connectivity index (χ1n) is 6.67. The third-order valence-electron chi connectivity index (χ3n) is 3.11. The number of anilines is 1. The van der Waals surface area contributed by atoms with E-state index in [2.05, 4.69) is 22.2 Å². The van der Waals surface area contributed by atoms with E-state index in [1.54, 1.807) is 0 Å². The average Bonchev–Trinajstić information content (AvgIpc) is 2.48. The minimum atomic E-state index is 0.580. The number of benzene rings is 1. The van der Waals surface area contributed by atoms with Crippen LogP contribution in [0.15, 0.2) is 24.5 Å². The lowest BCUT2D eigenvalue weighted by atomic mass is 10.1. The Hall–Kier alpha value is -1.81. The third kappa shape index (κ3) is 3.02. The van der Waals surface area contributed by atoms with Gasteiger partial charge in [0.25, 0.3) is 0 Å². The number of aryl methyl sites for hydroxylation is 1. The Morgan fingerprint density at radius 1 is 1.20 bits per heavy atom. The molecule has 0 aliphatic rings. The monoisotopic (exact) mass is 291 g/mol. The quantitative estimate of drug-likeness (QED) is 0.901. The van der Waals surface area contributed by atoms with Gasteiger partial charge >= 0.3 is 0 Å². The van der Waals surface area contributed by atoms with Crippen molar-refractivity contribution >= 4 is 17.4 Å². The van der Waals surface area contributed by atoms with Gasteiger partial charge in [-0.25, -0.2) is 9.97 Å². The molecule has 0 unspecified atom stereocenters. The zero-order chi connectivity index (χ0) is 14.5. The number of hydrogen-bond donors (Lipinski definition) is 1. The predicted octanol–water partition coefficient (Wildman–Crippen LogP) is 4.09. The molecule has 5 heteroatoms. The average molecular weight is 292 g/mol. The second-order valence-electron chi connectivity index (χ2n) is 4.32. The molecular weight excluding hydrogens is 274 g/mol. The molecule has 1 N–H and O–H groups in total. The van der Waals surface area contributed by atoms with Crippen LogP contribution in [0.4, 0.5) is 5.82 Å². The molecule has 0 radical (unpaired) electrons. The number of aromatic nitrogens is 2. The molecule has 1 heterocycles. The van der Waals surface area contributed by atoms with Gasteiger partial charge < -0.3 is 10.1 Å². The molecule has 0 saturated carbocycles. The summed E-state index contributed by atoms with van der Waals surface area (Å²) >= 11 is 6.11. The van der Waals surface area contributed by atoms with E-state index in [1.165, 1.54) is 6.33 Å². The Kier molecular flexibility index (Phi) is 4.79. The van der Waals surface area contributed by atoms with Gasteiger partial charge in [0.2, 0.25) is 5.88 Å². The number of rotatable bonds is 5. The Labute approximate surface area is 124 Å². The molecular formula is C15H18ClN3O. The standard InChI is InChI=1S/C15H18ClN3O/c1-4-10-8-11(6-7-13(10)16)20-15-12(5-2)14(17-3)18-9-19-15/h6-9H,4-5H2,1-3H3,(H,17,18,19). The Morgan fingerprint density at radius 3 is 2.65 bits per heavy atom. The summed E-state index contributed by atoms with van der Waals surface area (Å²) in [4.78, 5) is 8.42. The molecule has 106 valence electrons. The van der Waals surface area contributed by atoms with Crippen LogP contribution in [0.2, 0.25) is 5.02 Å². The van der Waals surface area contributed by atoms with Crippen LogP contribution in [-0.2, 0) is 12.8 Å². The van der Waals surface area contributed by atoms with Crippen molar-refractivity contribution in [3.8, 4) is 11.6 Å². The maximum absolute atomic E-state index is 6.11. The van der Waals surface area contributed by atoms with E-state index in [9.17, 15) is 0 Å². The van der Waals surface area contributed by atoms with Crippen molar-refractivity contribution in [3.05, 3.63) is 40.7 Å². The highest BCUT2D eigenvalue weighted by molar-refractivity contribution is 6.31. The van der Waals surface area contributed by atoms with Gasteiger partial charge in [-0.15, -0.1) is 0 Å².